The molecule has 486 valence electrons. The van der Waals surface area contributed by atoms with Gasteiger partial charge in [-0.25, -0.2) is 0 Å². The predicted molar refractivity (Wildman–Crippen MR) is 361 cm³/mol. The van der Waals surface area contributed by atoms with Crippen LogP contribution in [-0.2, 0) is 14.3 Å². The number of carbonyl (C=O) groups excluding carboxylic acids is 2. The van der Waals surface area contributed by atoms with E-state index in [1.54, 1.807) is 0 Å². The van der Waals surface area contributed by atoms with E-state index >= 15 is 0 Å². The number of aliphatic hydroxyl groups excluding tert-OH is 2. The molecule has 2 unspecified atom stereocenters. The van der Waals surface area contributed by atoms with Crippen LogP contribution in [0.1, 0.15) is 425 Å². The minimum absolute atomic E-state index is 0.00429. The Hall–Kier alpha value is -1.66. The number of hydrogen-bond donors (Lipinski definition) is 3. The normalized spacial score (nSPS) is 12.6. The minimum Gasteiger partial charge on any atom is -0.466 e. The van der Waals surface area contributed by atoms with E-state index in [0.717, 1.165) is 51.4 Å². The second kappa shape index (κ2) is 71.8. The van der Waals surface area contributed by atoms with Gasteiger partial charge in [0.25, 0.3) is 0 Å². The molecule has 82 heavy (non-hydrogen) atoms. The maximum Gasteiger partial charge on any atom is 0.305 e. The summed E-state index contributed by atoms with van der Waals surface area (Å²) in [6, 6.07) is -0.540. The molecule has 0 spiro atoms. The van der Waals surface area contributed by atoms with Crippen LogP contribution in [-0.4, -0.2) is 47.4 Å². The number of esters is 1. The van der Waals surface area contributed by atoms with Crippen molar-refractivity contribution in [3.05, 3.63) is 24.3 Å². The third-order valence-corrected chi connectivity index (χ3v) is 17.7. The summed E-state index contributed by atoms with van der Waals surface area (Å²) in [4.78, 5) is 24.6. The first-order valence-corrected chi connectivity index (χ1v) is 37.6. The van der Waals surface area contributed by atoms with E-state index in [1.807, 2.05) is 0 Å². The van der Waals surface area contributed by atoms with E-state index in [-0.39, 0.29) is 18.5 Å². The minimum atomic E-state index is -0.663. The summed E-state index contributed by atoms with van der Waals surface area (Å²) >= 11 is 0. The molecule has 0 rings (SSSR count). The van der Waals surface area contributed by atoms with Gasteiger partial charge in [0.2, 0.25) is 5.91 Å². The van der Waals surface area contributed by atoms with Gasteiger partial charge < -0.3 is 20.3 Å². The lowest BCUT2D eigenvalue weighted by molar-refractivity contribution is -0.143. The van der Waals surface area contributed by atoms with Crippen molar-refractivity contribution >= 4 is 11.9 Å². The van der Waals surface area contributed by atoms with Crippen LogP contribution in [0.5, 0.6) is 0 Å². The molecule has 0 aromatic carbocycles. The molecule has 0 saturated carbocycles. The number of unbranched alkanes of at least 4 members (excludes halogenated alkanes) is 56. The van der Waals surface area contributed by atoms with E-state index in [9.17, 15) is 19.8 Å². The van der Waals surface area contributed by atoms with Gasteiger partial charge in [-0.1, -0.05) is 385 Å². The zero-order chi connectivity index (χ0) is 59.2. The van der Waals surface area contributed by atoms with E-state index in [1.165, 1.54) is 340 Å². The highest BCUT2D eigenvalue weighted by molar-refractivity contribution is 5.76. The summed E-state index contributed by atoms with van der Waals surface area (Å²) in [7, 11) is 0. The summed E-state index contributed by atoms with van der Waals surface area (Å²) in [6.45, 7) is 4.93. The smallest absolute Gasteiger partial charge is 0.305 e. The van der Waals surface area contributed by atoms with Crippen molar-refractivity contribution in [3.63, 3.8) is 0 Å². The number of rotatable bonds is 71. The molecule has 0 bridgehead atoms. The molecule has 3 N–H and O–H groups in total. The molecular formula is C76H147NO5. The Bertz CT molecular complexity index is 1280. The van der Waals surface area contributed by atoms with E-state index < -0.39 is 12.1 Å². The van der Waals surface area contributed by atoms with Crippen molar-refractivity contribution in [2.45, 2.75) is 437 Å². The zero-order valence-electron chi connectivity index (χ0n) is 55.8. The monoisotopic (exact) mass is 1150 g/mol. The summed E-state index contributed by atoms with van der Waals surface area (Å²) in [5.74, 6) is -0.0222. The Balaban J connectivity index is 3.35. The Morgan fingerprint density at radius 3 is 0.976 bits per heavy atom. The van der Waals surface area contributed by atoms with E-state index in [0.29, 0.717) is 25.9 Å². The number of allylic oxidation sites excluding steroid dienone is 4. The molecule has 6 heteroatoms. The van der Waals surface area contributed by atoms with Gasteiger partial charge in [0.1, 0.15) is 0 Å². The zero-order valence-corrected chi connectivity index (χ0v) is 55.8. The number of carbonyl (C=O) groups is 2. The molecule has 0 radical (unpaired) electrons. The number of ether oxygens (including phenoxy) is 1. The molecule has 0 saturated heterocycles. The Morgan fingerprint density at radius 2 is 0.634 bits per heavy atom. The van der Waals surface area contributed by atoms with Crippen molar-refractivity contribution in [2.24, 2.45) is 0 Å². The van der Waals surface area contributed by atoms with Gasteiger partial charge in [0, 0.05) is 12.8 Å². The summed E-state index contributed by atoms with van der Waals surface area (Å²) in [5, 5.41) is 23.5. The van der Waals surface area contributed by atoms with Crippen LogP contribution in [0, 0.1) is 0 Å². The Morgan fingerprint density at radius 1 is 0.341 bits per heavy atom. The molecule has 1 amide bonds. The molecule has 0 aromatic heterocycles. The highest BCUT2D eigenvalue weighted by atomic mass is 16.5. The predicted octanol–water partition coefficient (Wildman–Crippen LogP) is 24.5. The number of aliphatic hydroxyl groups is 2. The van der Waals surface area contributed by atoms with Gasteiger partial charge >= 0.3 is 5.97 Å². The molecule has 0 aliphatic rings. The largest absolute Gasteiger partial charge is 0.466 e. The third kappa shape index (κ3) is 67.5. The molecule has 0 aliphatic heterocycles. The van der Waals surface area contributed by atoms with Crippen LogP contribution in [0.15, 0.2) is 24.3 Å². The highest BCUT2D eigenvalue weighted by Crippen LogP contribution is 2.20. The van der Waals surface area contributed by atoms with E-state index in [4.69, 9.17) is 4.74 Å². The van der Waals surface area contributed by atoms with Crippen LogP contribution in [0.3, 0.4) is 0 Å². The van der Waals surface area contributed by atoms with Gasteiger partial charge in [-0.3, -0.25) is 9.59 Å². The molecule has 0 fully saturated rings. The maximum atomic E-state index is 12.6. The second-order valence-corrected chi connectivity index (χ2v) is 26.0. The summed E-state index contributed by atoms with van der Waals surface area (Å²) in [6.07, 6.45) is 91.1. The van der Waals surface area contributed by atoms with Crippen LogP contribution >= 0.6 is 0 Å². The first-order chi connectivity index (χ1) is 40.5. The van der Waals surface area contributed by atoms with E-state index in [2.05, 4.69) is 43.5 Å². The van der Waals surface area contributed by atoms with Crippen molar-refractivity contribution in [1.29, 1.82) is 0 Å². The van der Waals surface area contributed by atoms with Gasteiger partial charge in [-0.15, -0.1) is 0 Å². The van der Waals surface area contributed by atoms with Gasteiger partial charge in [-0.2, -0.15) is 0 Å². The van der Waals surface area contributed by atoms with Gasteiger partial charge in [0.15, 0.2) is 0 Å². The van der Waals surface area contributed by atoms with Crippen molar-refractivity contribution in [1.82, 2.24) is 5.32 Å². The molecule has 0 heterocycles. The van der Waals surface area contributed by atoms with Gasteiger partial charge in [-0.05, 0) is 51.4 Å². The van der Waals surface area contributed by atoms with Crippen LogP contribution in [0.25, 0.3) is 0 Å². The lowest BCUT2D eigenvalue weighted by Gasteiger charge is -2.22. The SMILES string of the molecule is CCC/C=C\C/C=C\CCCCCCCC(=O)OCCCCCCCCCCCCCCCCCCCCCCCCCCCCCCC(=O)NC(CO)C(O)CCCCCCCCCCCCCCCCCCCCCCCCCC. The van der Waals surface area contributed by atoms with Gasteiger partial charge in [0.05, 0.1) is 25.4 Å². The first-order valence-electron chi connectivity index (χ1n) is 37.6. The fourth-order valence-corrected chi connectivity index (χ4v) is 12.0. The fraction of sp³-hybridized carbons (Fsp3) is 0.921. The summed E-state index contributed by atoms with van der Waals surface area (Å²) < 4.78 is 5.48. The average molecular weight is 1160 g/mol. The highest BCUT2D eigenvalue weighted by Gasteiger charge is 2.20. The van der Waals surface area contributed by atoms with Crippen molar-refractivity contribution in [2.75, 3.05) is 13.2 Å². The molecule has 2 atom stereocenters. The summed E-state index contributed by atoms with van der Waals surface area (Å²) in [5.41, 5.74) is 0. The maximum absolute atomic E-state index is 12.6. The van der Waals surface area contributed by atoms with Crippen molar-refractivity contribution in [3.8, 4) is 0 Å². The lowest BCUT2D eigenvalue weighted by Crippen LogP contribution is -2.45. The molecular weight excluding hydrogens is 1010 g/mol. The number of amides is 1. The van der Waals surface area contributed by atoms with Crippen LogP contribution < -0.4 is 5.32 Å². The van der Waals surface area contributed by atoms with Crippen molar-refractivity contribution < 1.29 is 24.5 Å². The fourth-order valence-electron chi connectivity index (χ4n) is 12.0. The quantitative estimate of drug-likeness (QED) is 0.0320. The third-order valence-electron chi connectivity index (χ3n) is 17.7. The first kappa shape index (κ1) is 80.3. The topological polar surface area (TPSA) is 95.9 Å². The van der Waals surface area contributed by atoms with Crippen LogP contribution in [0.4, 0.5) is 0 Å². The Labute approximate surface area is 513 Å². The average Bonchev–Trinajstić information content (AvgIpc) is 3.48. The molecule has 0 aromatic rings. The lowest BCUT2D eigenvalue weighted by atomic mass is 10.0. The number of hydrogen-bond acceptors (Lipinski definition) is 5. The number of nitrogens with one attached hydrogen (secondary N) is 1. The molecule has 0 aliphatic carbocycles. The molecule has 6 nitrogen and oxygen atoms in total. The Kier molecular flexibility index (Phi) is 70.4. The standard InChI is InChI=1S/C76H147NO5/c1-3-5-7-9-11-13-15-17-18-19-20-21-22-29-32-35-38-41-45-48-52-56-60-64-68-74(79)73(72-78)77-75(80)69-65-61-57-53-49-46-42-39-36-33-30-27-25-23-24-26-28-31-34-37-40-43-47-51-55-59-63-67-71-82-76(81)70-66-62-58-54-50-44-16-14-12-10-8-6-4-2/h8,10,14,16,73-74,78-79H,3-7,9,11-13,15,17-72H2,1-2H3,(H,77,80)/b10-8-,16-14-. The van der Waals surface area contributed by atoms with Crippen LogP contribution in [0.2, 0.25) is 0 Å². The second-order valence-electron chi connectivity index (χ2n) is 26.0.